The Kier molecular flexibility index (Phi) is 11.5. The molecule has 0 aliphatic heterocycles. The summed E-state index contributed by atoms with van der Waals surface area (Å²) in [6.45, 7) is 8.85. The standard InChI is InChI=1S/C40H32N3O.C17H22GeN.Ir/c1-24(2)32-21-28(26-13-6-5-7-14-26)22-33(25(3)4)37(32)43-35-23-27-15-8-10-19-34(27)41-39(35)42-40(43)31-18-12-17-30-29-16-9-11-20-36(29)44-38(30)31;1-6-14-11-17(15-9-7-13(2)8-10-15)19-12-16(14)18(3,4)5;/h5-17,19-25H,1-4H3;7-9,11-12H,6H2,1-5H3;/q2*-1;/i;2D3,6D;. The molecule has 0 bridgehead atoms. The third-order valence-corrected chi connectivity index (χ3v) is 16.1. The first-order valence-corrected chi connectivity index (χ1v) is 29.1. The predicted molar refractivity (Wildman–Crippen MR) is 267 cm³/mol. The normalized spacial score (nSPS) is 13.3. The summed E-state index contributed by atoms with van der Waals surface area (Å²) >= 11 is -2.09. The number of hydrogen-bond acceptors (Lipinski definition) is 4. The summed E-state index contributed by atoms with van der Waals surface area (Å²) < 4.78 is 40.5. The van der Waals surface area contributed by atoms with Crippen molar-refractivity contribution >= 4 is 61.7 Å². The summed E-state index contributed by atoms with van der Waals surface area (Å²) in [5.74, 6) is 8.18. The van der Waals surface area contributed by atoms with Crippen LogP contribution in [-0.2, 0) is 26.5 Å². The SMILES string of the molecule is CC(C)c1cc(-c2ccccc2)cc(C(C)C)c1-n1c(-c2[c-]ccc3c2oc2ccccc23)nc2nc3ccccc3cc21.[2H]C(C)c1cc(-c2[c-]cc(C([2H])([2H])[2H])cc2)nc[c]1[Ge]([CH3])([CH3])[CH3].[Ir]. The number of hydrogen-bond donors (Lipinski definition) is 0. The van der Waals surface area contributed by atoms with E-state index in [2.05, 4.69) is 146 Å². The number of nitrogens with zero attached hydrogens (tertiary/aromatic N) is 4. The zero-order valence-corrected chi connectivity index (χ0v) is 42.0. The summed E-state index contributed by atoms with van der Waals surface area (Å²) in [5.41, 5.74) is 14.0. The van der Waals surface area contributed by atoms with Gasteiger partial charge in [-0.25, -0.2) is 4.98 Å². The summed E-state index contributed by atoms with van der Waals surface area (Å²) in [5, 5.41) is 3.22. The zero-order valence-electron chi connectivity index (χ0n) is 41.5. The average Bonchev–Trinajstić information content (AvgIpc) is 3.88. The summed E-state index contributed by atoms with van der Waals surface area (Å²) in [7, 11) is 0. The number of para-hydroxylation sites is 2. The van der Waals surface area contributed by atoms with Crippen molar-refractivity contribution in [3.05, 3.63) is 174 Å². The average molecular weight is 1080 g/mol. The van der Waals surface area contributed by atoms with E-state index in [1.165, 1.54) is 32.7 Å². The van der Waals surface area contributed by atoms with E-state index in [9.17, 15) is 0 Å². The van der Waals surface area contributed by atoms with Gasteiger partial charge in [0.15, 0.2) is 5.65 Å². The van der Waals surface area contributed by atoms with Gasteiger partial charge in [0.2, 0.25) is 0 Å². The first-order chi connectivity index (χ1) is 32.0. The molecule has 0 aliphatic rings. The van der Waals surface area contributed by atoms with Crippen molar-refractivity contribution in [1.29, 1.82) is 0 Å². The Labute approximate surface area is 399 Å². The van der Waals surface area contributed by atoms with Crippen LogP contribution in [0.4, 0.5) is 0 Å². The first kappa shape index (κ1) is 39.9. The quantitative estimate of drug-likeness (QED) is 0.112. The van der Waals surface area contributed by atoms with Crippen molar-refractivity contribution < 1.29 is 30.0 Å². The maximum Gasteiger partial charge on any atom is 0 e. The van der Waals surface area contributed by atoms with Gasteiger partial charge in [0.05, 0.1) is 22.4 Å². The molecule has 0 amide bonds. The first-order valence-electron chi connectivity index (χ1n) is 23.8. The van der Waals surface area contributed by atoms with Crippen LogP contribution in [0.3, 0.4) is 0 Å². The number of furan rings is 1. The Morgan fingerprint density at radius 3 is 2.17 bits per heavy atom. The molecule has 1 unspecified atom stereocenters. The van der Waals surface area contributed by atoms with E-state index in [1.807, 2.05) is 49.5 Å². The van der Waals surface area contributed by atoms with E-state index >= 15 is 0 Å². The molecule has 0 saturated carbocycles. The molecule has 10 rings (SSSR count). The number of imidazole rings is 1. The maximum absolute atomic E-state index is 8.13. The largest absolute Gasteiger partial charge is 0 e. The number of pyridine rings is 2. The van der Waals surface area contributed by atoms with E-state index in [-0.39, 0.29) is 43.9 Å². The van der Waals surface area contributed by atoms with Gasteiger partial charge in [0, 0.05) is 36.6 Å². The smallest absolute Gasteiger partial charge is 0 e. The molecule has 1 radical (unpaired) electrons. The van der Waals surface area contributed by atoms with E-state index in [0.29, 0.717) is 5.65 Å². The minimum absolute atomic E-state index is 0. The Morgan fingerprint density at radius 2 is 1.48 bits per heavy atom. The fourth-order valence-electron chi connectivity index (χ4n) is 8.54. The Morgan fingerprint density at radius 1 is 0.766 bits per heavy atom. The Hall–Kier alpha value is -5.66. The molecule has 4 heterocycles. The van der Waals surface area contributed by atoms with Crippen LogP contribution in [-0.4, -0.2) is 32.8 Å². The van der Waals surface area contributed by atoms with E-state index in [4.69, 9.17) is 19.9 Å². The molecule has 0 saturated heterocycles. The third kappa shape index (κ3) is 8.64. The second kappa shape index (κ2) is 18.4. The van der Waals surface area contributed by atoms with Crippen LogP contribution < -0.4 is 4.40 Å². The summed E-state index contributed by atoms with van der Waals surface area (Å²) in [6.07, 6.45) is 1.60. The van der Waals surface area contributed by atoms with Gasteiger partial charge in [0.1, 0.15) is 5.58 Å². The third-order valence-electron chi connectivity index (χ3n) is 11.8. The number of fused-ring (bicyclic) bond motifs is 5. The molecule has 10 aromatic rings. The van der Waals surface area contributed by atoms with Crippen LogP contribution in [0.5, 0.6) is 0 Å². The van der Waals surface area contributed by atoms with Crippen molar-refractivity contribution in [2.24, 2.45) is 0 Å². The van der Waals surface area contributed by atoms with Crippen molar-refractivity contribution in [2.75, 3.05) is 0 Å². The van der Waals surface area contributed by atoms with Gasteiger partial charge >= 0.3 is 124 Å². The van der Waals surface area contributed by atoms with Gasteiger partial charge < -0.3 is 8.98 Å². The van der Waals surface area contributed by atoms with E-state index < -0.39 is 20.1 Å². The molecule has 7 heteroatoms. The van der Waals surface area contributed by atoms with Crippen molar-refractivity contribution in [3.8, 4) is 39.5 Å². The molecular formula is C57H54GeIrN4O-2. The van der Waals surface area contributed by atoms with Crippen LogP contribution in [0.15, 0.2) is 144 Å². The second-order valence-corrected chi connectivity index (χ2v) is 28.4. The summed E-state index contributed by atoms with van der Waals surface area (Å²) in [4.78, 5) is 14.9. The molecule has 4 aromatic heterocycles. The molecular weight excluding hydrogens is 1020 g/mol. The van der Waals surface area contributed by atoms with Crippen LogP contribution in [0.2, 0.25) is 17.3 Å². The topological polar surface area (TPSA) is 56.7 Å². The fourth-order valence-corrected chi connectivity index (χ4v) is 11.8. The van der Waals surface area contributed by atoms with Crippen molar-refractivity contribution in [1.82, 2.24) is 19.5 Å². The van der Waals surface area contributed by atoms with Gasteiger partial charge in [-0.2, -0.15) is 0 Å². The maximum atomic E-state index is 8.13. The van der Waals surface area contributed by atoms with Crippen LogP contribution in [0.25, 0.3) is 83.5 Å². The summed E-state index contributed by atoms with van der Waals surface area (Å²) in [6, 6.07) is 51.5. The van der Waals surface area contributed by atoms with Gasteiger partial charge in [-0.05, 0) is 64.4 Å². The van der Waals surface area contributed by atoms with Gasteiger partial charge in [-0.15, -0.1) is 18.2 Å². The Balaban J connectivity index is 0.000000222. The molecule has 5 nitrogen and oxygen atoms in total. The van der Waals surface area contributed by atoms with Crippen LogP contribution in [0, 0.1) is 19.0 Å². The molecule has 0 fully saturated rings. The number of aromatic nitrogens is 4. The number of rotatable bonds is 8. The molecule has 0 spiro atoms. The van der Waals surface area contributed by atoms with Gasteiger partial charge in [0.25, 0.3) is 0 Å². The fraction of sp³-hybridized carbons (Fsp3) is 0.211. The number of aryl methyl sites for hydroxylation is 2. The number of benzene rings is 6. The van der Waals surface area contributed by atoms with Gasteiger partial charge in [-0.3, -0.25) is 4.98 Å². The molecule has 1 atom stereocenters. The minimum Gasteiger partial charge on any atom is 0 e. The molecule has 0 N–H and O–H groups in total. The second-order valence-electron chi connectivity index (χ2n) is 17.9. The molecule has 323 valence electrons. The van der Waals surface area contributed by atoms with Crippen molar-refractivity contribution in [2.45, 2.75) is 77.0 Å². The van der Waals surface area contributed by atoms with E-state index in [0.717, 1.165) is 72.3 Å². The van der Waals surface area contributed by atoms with Crippen molar-refractivity contribution in [3.63, 3.8) is 0 Å². The monoisotopic (exact) mass is 1080 g/mol. The van der Waals surface area contributed by atoms with Crippen LogP contribution in [0.1, 0.15) is 74.2 Å². The molecule has 0 aliphatic carbocycles. The predicted octanol–water partition coefficient (Wildman–Crippen LogP) is 14.8. The minimum atomic E-state index is -2.12. The van der Waals surface area contributed by atoms with Crippen LogP contribution >= 0.6 is 0 Å². The van der Waals surface area contributed by atoms with E-state index in [1.54, 1.807) is 12.1 Å². The molecule has 6 aromatic carbocycles. The Bertz CT molecular complexity index is 3400. The molecule has 64 heavy (non-hydrogen) atoms. The van der Waals surface area contributed by atoms with Gasteiger partial charge in [-0.1, -0.05) is 105 Å². The zero-order chi connectivity index (χ0) is 47.4.